The lowest BCUT2D eigenvalue weighted by Gasteiger charge is -2.07. The number of nitrogens with two attached hydrogens (primary N) is 1. The molecule has 4 heterocycles. The number of aromatic nitrogens is 4. The molecule has 1 saturated heterocycles. The fourth-order valence-corrected chi connectivity index (χ4v) is 4.27. The summed E-state index contributed by atoms with van der Waals surface area (Å²) in [6.07, 6.45) is 8.20. The van der Waals surface area contributed by atoms with Gasteiger partial charge in [0, 0.05) is 42.2 Å². The third-order valence-corrected chi connectivity index (χ3v) is 5.93. The SMILES string of the molecule is CCCc1ccnc(NC(=O)c2ccc(-c3nc([C@H]4CCOC4)n4ccnc(N)c34)cc2)c1. The number of anilines is 2. The number of aryl methyl sites for hydroxylation is 1. The highest BCUT2D eigenvalue weighted by Crippen LogP contribution is 2.33. The lowest BCUT2D eigenvalue weighted by molar-refractivity contribution is 0.102. The highest BCUT2D eigenvalue weighted by molar-refractivity contribution is 6.04. The number of carbonyl (C=O) groups excluding carboxylic acids is 1. The van der Waals surface area contributed by atoms with Crippen molar-refractivity contribution in [2.75, 3.05) is 24.3 Å². The number of hydrogen-bond acceptors (Lipinski definition) is 6. The number of pyridine rings is 1. The second-order valence-electron chi connectivity index (χ2n) is 8.24. The minimum atomic E-state index is -0.206. The molecule has 8 nitrogen and oxygen atoms in total. The van der Waals surface area contributed by atoms with Gasteiger partial charge in [0.25, 0.3) is 5.91 Å². The number of nitrogens with zero attached hydrogens (tertiary/aromatic N) is 4. The largest absolute Gasteiger partial charge is 0.382 e. The number of amides is 1. The molecule has 8 heteroatoms. The number of ether oxygens (including phenoxy) is 1. The Morgan fingerprint density at radius 3 is 2.82 bits per heavy atom. The Bertz CT molecular complexity index is 1290. The quantitative estimate of drug-likeness (QED) is 0.466. The van der Waals surface area contributed by atoms with Gasteiger partial charge < -0.3 is 15.8 Å². The summed E-state index contributed by atoms with van der Waals surface area (Å²) in [6.45, 7) is 3.50. The molecule has 1 amide bonds. The smallest absolute Gasteiger partial charge is 0.256 e. The Hall–Kier alpha value is -3.78. The van der Waals surface area contributed by atoms with Gasteiger partial charge in [0.15, 0.2) is 0 Å². The van der Waals surface area contributed by atoms with Crippen molar-refractivity contribution in [3.05, 3.63) is 71.9 Å². The maximum Gasteiger partial charge on any atom is 0.256 e. The van der Waals surface area contributed by atoms with Crippen molar-refractivity contribution in [1.82, 2.24) is 19.4 Å². The van der Waals surface area contributed by atoms with Crippen molar-refractivity contribution in [3.63, 3.8) is 0 Å². The molecule has 0 spiro atoms. The van der Waals surface area contributed by atoms with Crippen molar-refractivity contribution in [3.8, 4) is 11.3 Å². The van der Waals surface area contributed by atoms with Gasteiger partial charge in [-0.1, -0.05) is 25.5 Å². The summed E-state index contributed by atoms with van der Waals surface area (Å²) in [5.41, 5.74) is 10.3. The van der Waals surface area contributed by atoms with E-state index in [-0.39, 0.29) is 11.8 Å². The second-order valence-corrected chi connectivity index (χ2v) is 8.24. The average Bonchev–Trinajstić information content (AvgIpc) is 3.48. The molecule has 3 N–H and O–H groups in total. The van der Waals surface area contributed by atoms with Crippen LogP contribution in [0.25, 0.3) is 16.8 Å². The highest BCUT2D eigenvalue weighted by atomic mass is 16.5. The molecular weight excluding hydrogens is 416 g/mol. The van der Waals surface area contributed by atoms with E-state index in [4.69, 9.17) is 15.5 Å². The zero-order valence-electron chi connectivity index (χ0n) is 18.5. The van der Waals surface area contributed by atoms with Crippen molar-refractivity contribution < 1.29 is 9.53 Å². The predicted molar refractivity (Wildman–Crippen MR) is 127 cm³/mol. The number of nitrogens with one attached hydrogen (secondary N) is 1. The first-order valence-electron chi connectivity index (χ1n) is 11.2. The molecule has 1 atom stereocenters. The molecule has 0 bridgehead atoms. The van der Waals surface area contributed by atoms with E-state index in [1.807, 2.05) is 34.9 Å². The molecule has 5 rings (SSSR count). The highest BCUT2D eigenvalue weighted by Gasteiger charge is 2.25. The first kappa shape index (κ1) is 21.1. The standard InChI is InChI=1S/C25H26N6O2/c1-2-3-16-8-10-27-20(14-16)29-25(32)18-6-4-17(5-7-18)21-22-23(26)28-11-12-31(22)24(30-21)19-9-13-33-15-19/h4-8,10-12,14,19H,2-3,9,13,15H2,1H3,(H2,26,28)(H,27,29,32)/t19-/m0/s1. The van der Waals surface area contributed by atoms with Crippen LogP contribution in [0.3, 0.4) is 0 Å². The average molecular weight is 443 g/mol. The van der Waals surface area contributed by atoms with E-state index in [0.717, 1.165) is 54.0 Å². The number of carbonyl (C=O) groups is 1. The zero-order chi connectivity index (χ0) is 22.8. The minimum Gasteiger partial charge on any atom is -0.382 e. The van der Waals surface area contributed by atoms with Crippen LogP contribution in [-0.4, -0.2) is 38.5 Å². The van der Waals surface area contributed by atoms with Gasteiger partial charge in [-0.25, -0.2) is 15.0 Å². The van der Waals surface area contributed by atoms with Gasteiger partial charge in [-0.2, -0.15) is 0 Å². The summed E-state index contributed by atoms with van der Waals surface area (Å²) in [5, 5.41) is 2.88. The molecule has 3 aromatic heterocycles. The second kappa shape index (κ2) is 8.99. The number of nitrogen functional groups attached to an aromatic ring is 1. The van der Waals surface area contributed by atoms with E-state index in [0.29, 0.717) is 23.8 Å². The Morgan fingerprint density at radius 2 is 2.06 bits per heavy atom. The number of benzene rings is 1. The van der Waals surface area contributed by atoms with Crippen molar-refractivity contribution >= 4 is 23.1 Å². The lowest BCUT2D eigenvalue weighted by Crippen LogP contribution is -2.13. The molecule has 1 aromatic carbocycles. The van der Waals surface area contributed by atoms with Crippen molar-refractivity contribution in [2.24, 2.45) is 0 Å². The molecule has 0 unspecified atom stereocenters. The molecule has 1 fully saturated rings. The van der Waals surface area contributed by atoms with E-state index in [2.05, 4.69) is 22.2 Å². The van der Waals surface area contributed by atoms with Gasteiger partial charge in [-0.15, -0.1) is 0 Å². The zero-order valence-corrected chi connectivity index (χ0v) is 18.5. The summed E-state index contributed by atoms with van der Waals surface area (Å²) in [5.74, 6) is 1.91. The van der Waals surface area contributed by atoms with E-state index in [1.165, 1.54) is 0 Å². The van der Waals surface area contributed by atoms with Crippen LogP contribution in [-0.2, 0) is 11.2 Å². The van der Waals surface area contributed by atoms with Crippen LogP contribution in [0.2, 0.25) is 0 Å². The van der Waals surface area contributed by atoms with Gasteiger partial charge >= 0.3 is 0 Å². The third-order valence-electron chi connectivity index (χ3n) is 5.93. The molecule has 168 valence electrons. The van der Waals surface area contributed by atoms with Crippen LogP contribution in [0, 0.1) is 0 Å². The molecule has 0 aliphatic carbocycles. The first-order valence-corrected chi connectivity index (χ1v) is 11.2. The molecule has 0 radical (unpaired) electrons. The third kappa shape index (κ3) is 4.17. The van der Waals surface area contributed by atoms with Gasteiger partial charge in [-0.05, 0) is 42.7 Å². The predicted octanol–water partition coefficient (Wildman–Crippen LogP) is 4.08. The topological polar surface area (TPSA) is 107 Å². The van der Waals surface area contributed by atoms with E-state index in [1.54, 1.807) is 24.5 Å². The number of imidazole rings is 1. The lowest BCUT2D eigenvalue weighted by atomic mass is 10.1. The van der Waals surface area contributed by atoms with Crippen LogP contribution in [0.1, 0.15) is 47.4 Å². The number of fused-ring (bicyclic) bond motifs is 1. The van der Waals surface area contributed by atoms with E-state index < -0.39 is 0 Å². The van der Waals surface area contributed by atoms with Crippen LogP contribution >= 0.6 is 0 Å². The molecule has 33 heavy (non-hydrogen) atoms. The number of rotatable bonds is 6. The normalized spacial score (nSPS) is 15.7. The maximum atomic E-state index is 12.8. The van der Waals surface area contributed by atoms with Gasteiger partial charge in [-0.3, -0.25) is 9.20 Å². The first-order chi connectivity index (χ1) is 16.1. The Morgan fingerprint density at radius 1 is 1.21 bits per heavy atom. The van der Waals surface area contributed by atoms with E-state index in [9.17, 15) is 4.79 Å². The minimum absolute atomic E-state index is 0.206. The molecule has 4 aromatic rings. The van der Waals surface area contributed by atoms with Crippen molar-refractivity contribution in [2.45, 2.75) is 32.1 Å². The van der Waals surface area contributed by atoms with Gasteiger partial charge in [0.1, 0.15) is 28.7 Å². The summed E-state index contributed by atoms with van der Waals surface area (Å²) >= 11 is 0. The van der Waals surface area contributed by atoms with Gasteiger partial charge in [0.05, 0.1) is 6.61 Å². The summed E-state index contributed by atoms with van der Waals surface area (Å²) in [7, 11) is 0. The molecule has 1 aliphatic heterocycles. The number of hydrogen-bond donors (Lipinski definition) is 2. The van der Waals surface area contributed by atoms with Crippen LogP contribution in [0.4, 0.5) is 11.6 Å². The molecule has 1 aliphatic rings. The van der Waals surface area contributed by atoms with Gasteiger partial charge in [0.2, 0.25) is 0 Å². The van der Waals surface area contributed by atoms with Crippen LogP contribution in [0.15, 0.2) is 55.0 Å². The Balaban J connectivity index is 1.43. The maximum absolute atomic E-state index is 12.8. The molecular formula is C25H26N6O2. The fourth-order valence-electron chi connectivity index (χ4n) is 4.27. The van der Waals surface area contributed by atoms with Crippen LogP contribution < -0.4 is 11.1 Å². The van der Waals surface area contributed by atoms with Crippen molar-refractivity contribution in [1.29, 1.82) is 0 Å². The summed E-state index contributed by atoms with van der Waals surface area (Å²) < 4.78 is 7.57. The monoisotopic (exact) mass is 442 g/mol. The van der Waals surface area contributed by atoms with Crippen LogP contribution in [0.5, 0.6) is 0 Å². The Kier molecular flexibility index (Phi) is 5.75. The summed E-state index contributed by atoms with van der Waals surface area (Å²) in [6, 6.07) is 11.2. The summed E-state index contributed by atoms with van der Waals surface area (Å²) in [4.78, 5) is 26.2. The molecule has 0 saturated carbocycles. The fraction of sp³-hybridized carbons (Fsp3) is 0.280. The van der Waals surface area contributed by atoms with E-state index >= 15 is 0 Å². The Labute approximate surface area is 191 Å².